The molecule has 1 atom stereocenters. The van der Waals surface area contributed by atoms with Crippen molar-refractivity contribution in [3.05, 3.63) is 40.5 Å². The van der Waals surface area contributed by atoms with E-state index in [1.807, 2.05) is 6.92 Å². The summed E-state index contributed by atoms with van der Waals surface area (Å²) in [6, 6.07) is 2.79. The number of aromatic nitrogens is 2. The summed E-state index contributed by atoms with van der Waals surface area (Å²) in [5.41, 5.74) is 9.44. The Labute approximate surface area is 174 Å². The first-order valence-corrected chi connectivity index (χ1v) is 10.3. The second-order valence-electron chi connectivity index (χ2n) is 9.04. The van der Waals surface area contributed by atoms with Gasteiger partial charge in [-0.1, -0.05) is 13.8 Å². The summed E-state index contributed by atoms with van der Waals surface area (Å²) >= 11 is 0. The van der Waals surface area contributed by atoms with Crippen LogP contribution in [0.3, 0.4) is 0 Å². The number of halogens is 1. The number of anilines is 1. The highest BCUT2D eigenvalue weighted by atomic mass is 19.1. The van der Waals surface area contributed by atoms with E-state index in [-0.39, 0.29) is 41.7 Å². The summed E-state index contributed by atoms with van der Waals surface area (Å²) in [5, 5.41) is 7.82. The summed E-state index contributed by atoms with van der Waals surface area (Å²) in [4.78, 5) is 23.3. The molecule has 1 aromatic carbocycles. The van der Waals surface area contributed by atoms with E-state index in [9.17, 15) is 14.0 Å². The third kappa shape index (κ3) is 3.78. The number of fused-ring (bicyclic) bond motifs is 1. The summed E-state index contributed by atoms with van der Waals surface area (Å²) < 4.78 is 21.9. The van der Waals surface area contributed by atoms with Crippen LogP contribution in [0.25, 0.3) is 5.69 Å². The number of amides is 1. The van der Waals surface area contributed by atoms with Crippen molar-refractivity contribution in [3.8, 4) is 5.69 Å². The number of nitrogens with one attached hydrogen (secondary N) is 1. The van der Waals surface area contributed by atoms with Gasteiger partial charge in [0, 0.05) is 18.2 Å². The van der Waals surface area contributed by atoms with Gasteiger partial charge in [0.05, 0.1) is 28.7 Å². The molecule has 30 heavy (non-hydrogen) atoms. The number of nitrogens with two attached hydrogens (primary N) is 1. The average Bonchev–Trinajstić information content (AvgIpc) is 2.97. The SMILES string of the molecule is Cc1nn(-c2cc(F)c(C(N)=O)c(N[C@H]3CCC(=O)OC3)c2)c2c1CCC(C)(C)C2. The zero-order valence-corrected chi connectivity index (χ0v) is 17.5. The molecule has 8 heteroatoms. The average molecular weight is 414 g/mol. The number of cyclic esters (lactones) is 1. The van der Waals surface area contributed by atoms with Crippen molar-refractivity contribution >= 4 is 17.6 Å². The molecule has 0 bridgehead atoms. The van der Waals surface area contributed by atoms with Crippen molar-refractivity contribution in [2.24, 2.45) is 11.1 Å². The Kier molecular flexibility index (Phi) is 5.03. The highest BCUT2D eigenvalue weighted by molar-refractivity contribution is 5.99. The number of primary amides is 1. The van der Waals surface area contributed by atoms with Crippen LogP contribution in [-0.4, -0.2) is 34.3 Å². The number of ether oxygens (including phenoxy) is 1. The lowest BCUT2D eigenvalue weighted by molar-refractivity contribution is -0.147. The van der Waals surface area contributed by atoms with Crippen LogP contribution in [0.4, 0.5) is 10.1 Å². The molecule has 1 amide bonds. The molecule has 0 saturated carbocycles. The first-order chi connectivity index (χ1) is 14.1. The van der Waals surface area contributed by atoms with Crippen LogP contribution in [0.1, 0.15) is 60.4 Å². The van der Waals surface area contributed by atoms with E-state index in [2.05, 4.69) is 24.3 Å². The van der Waals surface area contributed by atoms with Crippen LogP contribution in [0, 0.1) is 18.2 Å². The molecule has 1 saturated heterocycles. The van der Waals surface area contributed by atoms with Crippen LogP contribution in [0.5, 0.6) is 0 Å². The van der Waals surface area contributed by atoms with E-state index >= 15 is 0 Å². The standard InChI is InChI=1S/C22H27FN4O3/c1-12-15-6-7-22(2,3)10-18(15)27(26-12)14-8-16(23)20(21(24)29)17(9-14)25-13-4-5-19(28)30-11-13/h8-9,13,25H,4-7,10-11H2,1-3H3,(H2,24,29)/t13-/m0/s1. The van der Waals surface area contributed by atoms with Gasteiger partial charge in [-0.2, -0.15) is 5.10 Å². The van der Waals surface area contributed by atoms with Crippen molar-refractivity contribution in [1.82, 2.24) is 9.78 Å². The smallest absolute Gasteiger partial charge is 0.305 e. The summed E-state index contributed by atoms with van der Waals surface area (Å²) in [6.07, 6.45) is 3.66. The molecular weight excluding hydrogens is 387 g/mol. The second-order valence-corrected chi connectivity index (χ2v) is 9.04. The minimum Gasteiger partial charge on any atom is -0.463 e. The number of esters is 1. The topological polar surface area (TPSA) is 99.2 Å². The van der Waals surface area contributed by atoms with Crippen LogP contribution in [-0.2, 0) is 22.4 Å². The molecule has 2 heterocycles. The van der Waals surface area contributed by atoms with Crippen LogP contribution in [0.2, 0.25) is 0 Å². The van der Waals surface area contributed by atoms with Crippen LogP contribution in [0.15, 0.2) is 12.1 Å². The predicted molar refractivity (Wildman–Crippen MR) is 110 cm³/mol. The summed E-state index contributed by atoms with van der Waals surface area (Å²) in [7, 11) is 0. The van der Waals surface area contributed by atoms with Gasteiger partial charge in [-0.25, -0.2) is 9.07 Å². The Balaban J connectivity index is 1.76. The fraction of sp³-hybridized carbons (Fsp3) is 0.500. The number of aryl methyl sites for hydroxylation is 1. The second kappa shape index (κ2) is 7.41. The lowest BCUT2D eigenvalue weighted by Crippen LogP contribution is -2.33. The van der Waals surface area contributed by atoms with Gasteiger partial charge in [0.2, 0.25) is 0 Å². The maximum Gasteiger partial charge on any atom is 0.305 e. The molecule has 1 fully saturated rings. The number of carbonyl (C=O) groups excluding carboxylic acids is 2. The minimum absolute atomic E-state index is 0.135. The fourth-order valence-electron chi connectivity index (χ4n) is 4.39. The van der Waals surface area contributed by atoms with E-state index < -0.39 is 11.7 Å². The van der Waals surface area contributed by atoms with Crippen molar-refractivity contribution in [3.63, 3.8) is 0 Å². The molecular formula is C22H27FN4O3. The third-order valence-corrected chi connectivity index (χ3v) is 6.06. The minimum atomic E-state index is -0.853. The number of benzene rings is 1. The van der Waals surface area contributed by atoms with Gasteiger partial charge in [-0.05, 0) is 49.7 Å². The summed E-state index contributed by atoms with van der Waals surface area (Å²) in [6.45, 7) is 6.57. The first-order valence-electron chi connectivity index (χ1n) is 10.3. The Bertz CT molecular complexity index is 1020. The molecule has 2 aromatic rings. The largest absolute Gasteiger partial charge is 0.463 e. The highest BCUT2D eigenvalue weighted by Crippen LogP contribution is 2.37. The van der Waals surface area contributed by atoms with Crippen molar-refractivity contribution < 1.29 is 18.7 Å². The fourth-order valence-corrected chi connectivity index (χ4v) is 4.39. The van der Waals surface area contributed by atoms with E-state index in [1.54, 1.807) is 10.7 Å². The van der Waals surface area contributed by atoms with Gasteiger partial charge in [0.15, 0.2) is 0 Å². The van der Waals surface area contributed by atoms with Crippen LogP contribution < -0.4 is 11.1 Å². The molecule has 160 valence electrons. The van der Waals surface area contributed by atoms with Crippen LogP contribution >= 0.6 is 0 Å². The molecule has 2 aliphatic rings. The van der Waals surface area contributed by atoms with E-state index in [1.165, 1.54) is 11.6 Å². The molecule has 1 aliphatic heterocycles. The number of hydrogen-bond donors (Lipinski definition) is 2. The van der Waals surface area contributed by atoms with Gasteiger partial charge in [0.1, 0.15) is 12.4 Å². The molecule has 0 unspecified atom stereocenters. The van der Waals surface area contributed by atoms with E-state index in [0.717, 1.165) is 30.7 Å². The number of nitrogens with zero attached hydrogens (tertiary/aromatic N) is 2. The van der Waals surface area contributed by atoms with Gasteiger partial charge < -0.3 is 15.8 Å². The van der Waals surface area contributed by atoms with E-state index in [4.69, 9.17) is 10.5 Å². The highest BCUT2D eigenvalue weighted by Gasteiger charge is 2.31. The Morgan fingerprint density at radius 1 is 1.37 bits per heavy atom. The molecule has 0 spiro atoms. The van der Waals surface area contributed by atoms with Gasteiger partial charge >= 0.3 is 5.97 Å². The Morgan fingerprint density at radius 2 is 2.13 bits per heavy atom. The molecule has 7 nitrogen and oxygen atoms in total. The Hall–Kier alpha value is -2.90. The normalized spacial score (nSPS) is 20.4. The number of rotatable bonds is 4. The quantitative estimate of drug-likeness (QED) is 0.749. The van der Waals surface area contributed by atoms with Gasteiger partial charge in [-0.3, -0.25) is 9.59 Å². The zero-order chi connectivity index (χ0) is 21.6. The maximum atomic E-state index is 15.0. The lowest BCUT2D eigenvalue weighted by atomic mass is 9.76. The van der Waals surface area contributed by atoms with Crippen molar-refractivity contribution in [2.75, 3.05) is 11.9 Å². The monoisotopic (exact) mass is 414 g/mol. The van der Waals surface area contributed by atoms with E-state index in [0.29, 0.717) is 12.1 Å². The summed E-state index contributed by atoms with van der Waals surface area (Å²) in [5.74, 6) is -1.81. The Morgan fingerprint density at radius 3 is 2.80 bits per heavy atom. The molecule has 1 aliphatic carbocycles. The zero-order valence-electron chi connectivity index (χ0n) is 17.5. The molecule has 0 radical (unpaired) electrons. The molecule has 3 N–H and O–H groups in total. The van der Waals surface area contributed by atoms with Crippen molar-refractivity contribution in [1.29, 1.82) is 0 Å². The first kappa shape index (κ1) is 20.4. The van der Waals surface area contributed by atoms with Gasteiger partial charge in [-0.15, -0.1) is 0 Å². The maximum absolute atomic E-state index is 15.0. The lowest BCUT2D eigenvalue weighted by Gasteiger charge is -2.30. The predicted octanol–water partition coefficient (Wildman–Crippen LogP) is 3.05. The number of carbonyl (C=O) groups is 2. The molecule has 1 aromatic heterocycles. The van der Waals surface area contributed by atoms with Crippen molar-refractivity contribution in [2.45, 2.75) is 58.9 Å². The third-order valence-electron chi connectivity index (χ3n) is 6.06. The number of hydrogen-bond acceptors (Lipinski definition) is 5. The van der Waals surface area contributed by atoms with Gasteiger partial charge in [0.25, 0.3) is 5.91 Å². The molecule has 4 rings (SSSR count).